The molecule has 8 aromatic carbocycles. The van der Waals surface area contributed by atoms with Crippen molar-refractivity contribution in [2.75, 3.05) is 0 Å². The van der Waals surface area contributed by atoms with Gasteiger partial charge in [0.1, 0.15) is 22.6 Å². The van der Waals surface area contributed by atoms with Crippen molar-refractivity contribution in [3.63, 3.8) is 0 Å². The fourth-order valence-electron chi connectivity index (χ4n) is 9.21. The molecule has 0 saturated heterocycles. The standard InChI is InChI=1S/C50H29N3OS/c1-2-15-32-30(13-1)14-11-18-35(32)48-47(51-49(53-52-48)31-27-28-34-33-16-4-8-24-42(33)54-43(34)29-31)37-19-12-23-41-46(37)36-17-3-5-20-38(36)50(41)39-21-6-9-25-44(39)55-45-26-10-7-22-40(45)50/h1-29H. The van der Waals surface area contributed by atoms with E-state index in [1.165, 1.54) is 43.2 Å². The van der Waals surface area contributed by atoms with Crippen molar-refractivity contribution in [3.8, 4) is 45.0 Å². The summed E-state index contributed by atoms with van der Waals surface area (Å²) in [6.07, 6.45) is 0. The second-order valence-corrected chi connectivity index (χ2v) is 15.4. The maximum Gasteiger partial charge on any atom is 0.182 e. The van der Waals surface area contributed by atoms with Gasteiger partial charge in [0.05, 0.1) is 5.41 Å². The summed E-state index contributed by atoms with van der Waals surface area (Å²) in [4.78, 5) is 8.06. The number of furan rings is 1. The zero-order valence-electron chi connectivity index (χ0n) is 29.4. The predicted octanol–water partition coefficient (Wildman–Crippen LogP) is 12.8. The third kappa shape index (κ3) is 4.27. The number of para-hydroxylation sites is 1. The molecule has 0 fully saturated rings. The minimum absolute atomic E-state index is 0.504. The topological polar surface area (TPSA) is 51.8 Å². The van der Waals surface area contributed by atoms with Gasteiger partial charge in [0.15, 0.2) is 5.82 Å². The molecule has 4 nitrogen and oxygen atoms in total. The highest BCUT2D eigenvalue weighted by atomic mass is 32.2. The third-order valence-corrected chi connectivity index (χ3v) is 12.6. The number of benzene rings is 8. The first-order valence-corrected chi connectivity index (χ1v) is 19.3. The summed E-state index contributed by atoms with van der Waals surface area (Å²) in [6, 6.07) is 62.7. The normalized spacial score (nSPS) is 13.5. The van der Waals surface area contributed by atoms with Gasteiger partial charge >= 0.3 is 0 Å². The molecule has 0 amide bonds. The predicted molar refractivity (Wildman–Crippen MR) is 222 cm³/mol. The van der Waals surface area contributed by atoms with Crippen LogP contribution >= 0.6 is 11.8 Å². The van der Waals surface area contributed by atoms with Gasteiger partial charge in [-0.2, -0.15) is 0 Å². The molecular formula is C50H29N3OS. The van der Waals surface area contributed by atoms with Crippen molar-refractivity contribution in [1.82, 2.24) is 15.2 Å². The van der Waals surface area contributed by atoms with Gasteiger partial charge in [-0.25, -0.2) is 4.98 Å². The summed E-state index contributed by atoms with van der Waals surface area (Å²) in [5.41, 5.74) is 13.1. The Morgan fingerprint density at radius 2 is 1.05 bits per heavy atom. The highest BCUT2D eigenvalue weighted by Crippen LogP contribution is 2.63. The van der Waals surface area contributed by atoms with E-state index in [9.17, 15) is 0 Å². The zero-order valence-corrected chi connectivity index (χ0v) is 30.2. The number of hydrogen-bond donors (Lipinski definition) is 0. The van der Waals surface area contributed by atoms with E-state index in [0.717, 1.165) is 60.8 Å². The van der Waals surface area contributed by atoms with Crippen molar-refractivity contribution >= 4 is 44.5 Å². The Bertz CT molecular complexity index is 3170. The van der Waals surface area contributed by atoms with Crippen molar-refractivity contribution in [2.45, 2.75) is 15.2 Å². The summed E-state index contributed by atoms with van der Waals surface area (Å²) in [6.45, 7) is 0. The van der Waals surface area contributed by atoms with Crippen LogP contribution in [0.5, 0.6) is 0 Å². The van der Waals surface area contributed by atoms with E-state index in [1.54, 1.807) is 0 Å². The smallest absolute Gasteiger partial charge is 0.182 e. The second kappa shape index (κ2) is 11.6. The summed E-state index contributed by atoms with van der Waals surface area (Å²) in [5.74, 6) is 0.546. The quantitative estimate of drug-likeness (QED) is 0.182. The summed E-state index contributed by atoms with van der Waals surface area (Å²) < 4.78 is 6.31. The van der Waals surface area contributed by atoms with Gasteiger partial charge in [0.2, 0.25) is 0 Å². The summed E-state index contributed by atoms with van der Waals surface area (Å²) >= 11 is 1.86. The lowest BCUT2D eigenvalue weighted by Crippen LogP contribution is -2.31. The minimum atomic E-state index is -0.504. The van der Waals surface area contributed by atoms with Gasteiger partial charge in [-0.3, -0.25) is 0 Å². The maximum atomic E-state index is 6.31. The van der Waals surface area contributed by atoms with E-state index in [2.05, 4.69) is 152 Å². The molecule has 3 heterocycles. The minimum Gasteiger partial charge on any atom is -0.456 e. The molecule has 0 bridgehead atoms. The highest BCUT2D eigenvalue weighted by Gasteiger charge is 2.50. The molecule has 256 valence electrons. The lowest BCUT2D eigenvalue weighted by atomic mass is 9.67. The third-order valence-electron chi connectivity index (χ3n) is 11.5. The second-order valence-electron chi connectivity index (χ2n) is 14.3. The molecule has 0 unspecified atom stereocenters. The van der Waals surface area contributed by atoms with Crippen LogP contribution in [0.25, 0.3) is 77.7 Å². The van der Waals surface area contributed by atoms with Gasteiger partial charge in [0.25, 0.3) is 0 Å². The molecule has 2 aliphatic rings. The Morgan fingerprint density at radius 3 is 1.91 bits per heavy atom. The Labute approximate surface area is 321 Å². The van der Waals surface area contributed by atoms with E-state index >= 15 is 0 Å². The molecule has 1 aliphatic carbocycles. The number of aromatic nitrogens is 3. The first kappa shape index (κ1) is 30.6. The number of fused-ring (bicyclic) bond motifs is 13. The fourth-order valence-corrected chi connectivity index (χ4v) is 10.4. The van der Waals surface area contributed by atoms with Crippen LogP contribution in [0, 0.1) is 0 Å². The molecule has 0 N–H and O–H groups in total. The van der Waals surface area contributed by atoms with Crippen LogP contribution in [0.3, 0.4) is 0 Å². The fraction of sp³-hybridized carbons (Fsp3) is 0.0200. The van der Waals surface area contributed by atoms with Crippen LogP contribution in [0.15, 0.2) is 190 Å². The molecule has 2 aromatic heterocycles. The summed E-state index contributed by atoms with van der Waals surface area (Å²) in [7, 11) is 0. The average molecular weight is 720 g/mol. The van der Waals surface area contributed by atoms with Crippen LogP contribution < -0.4 is 0 Å². The van der Waals surface area contributed by atoms with Crippen LogP contribution in [0.4, 0.5) is 0 Å². The van der Waals surface area contributed by atoms with Gasteiger partial charge in [-0.15, -0.1) is 10.2 Å². The molecule has 10 aromatic rings. The lowest BCUT2D eigenvalue weighted by molar-refractivity contribution is 0.669. The lowest BCUT2D eigenvalue weighted by Gasteiger charge is -2.39. The van der Waals surface area contributed by atoms with E-state index in [0.29, 0.717) is 5.82 Å². The van der Waals surface area contributed by atoms with Crippen LogP contribution in [0.1, 0.15) is 22.3 Å². The Morgan fingerprint density at radius 1 is 0.436 bits per heavy atom. The van der Waals surface area contributed by atoms with E-state index < -0.39 is 5.41 Å². The largest absolute Gasteiger partial charge is 0.456 e. The van der Waals surface area contributed by atoms with Crippen molar-refractivity contribution in [3.05, 3.63) is 198 Å². The van der Waals surface area contributed by atoms with Crippen LogP contribution in [-0.4, -0.2) is 15.2 Å². The highest BCUT2D eigenvalue weighted by molar-refractivity contribution is 7.99. The molecule has 1 spiro atoms. The SMILES string of the molecule is c1ccc2c(c1)Sc1ccccc1C21c2ccccc2-c2c(-c3nc(-c4ccc5c(c4)oc4ccccc45)nnc3-c3cccc4ccccc34)cccc21. The molecule has 0 saturated carbocycles. The Kier molecular flexibility index (Phi) is 6.45. The number of nitrogens with zero attached hydrogens (tertiary/aromatic N) is 3. The Hall–Kier alpha value is -6.82. The average Bonchev–Trinajstić information content (AvgIpc) is 3.77. The number of hydrogen-bond acceptors (Lipinski definition) is 5. The molecule has 55 heavy (non-hydrogen) atoms. The number of rotatable bonds is 3. The maximum absolute atomic E-state index is 6.31. The molecule has 12 rings (SSSR count). The van der Waals surface area contributed by atoms with Crippen LogP contribution in [0.2, 0.25) is 0 Å². The van der Waals surface area contributed by atoms with E-state index in [1.807, 2.05) is 36.0 Å². The molecule has 1 aliphatic heterocycles. The molecular weight excluding hydrogens is 691 g/mol. The van der Waals surface area contributed by atoms with E-state index in [4.69, 9.17) is 19.6 Å². The van der Waals surface area contributed by atoms with Crippen molar-refractivity contribution in [2.24, 2.45) is 0 Å². The van der Waals surface area contributed by atoms with Gasteiger partial charge in [-0.1, -0.05) is 157 Å². The first-order chi connectivity index (χ1) is 27.3. The summed E-state index contributed by atoms with van der Waals surface area (Å²) in [5, 5.41) is 14.3. The molecule has 5 heteroatoms. The van der Waals surface area contributed by atoms with Gasteiger partial charge < -0.3 is 4.42 Å². The van der Waals surface area contributed by atoms with Gasteiger partial charge in [0, 0.05) is 37.3 Å². The Balaban J connectivity index is 1.17. The van der Waals surface area contributed by atoms with E-state index in [-0.39, 0.29) is 0 Å². The first-order valence-electron chi connectivity index (χ1n) is 18.5. The van der Waals surface area contributed by atoms with Gasteiger partial charge in [-0.05, 0) is 74.5 Å². The van der Waals surface area contributed by atoms with Crippen molar-refractivity contribution < 1.29 is 4.42 Å². The molecule has 0 atom stereocenters. The van der Waals surface area contributed by atoms with Crippen LogP contribution in [-0.2, 0) is 5.41 Å². The zero-order chi connectivity index (χ0) is 36.1. The monoisotopic (exact) mass is 719 g/mol. The molecule has 0 radical (unpaired) electrons. The van der Waals surface area contributed by atoms with Crippen molar-refractivity contribution in [1.29, 1.82) is 0 Å².